The van der Waals surface area contributed by atoms with E-state index in [-0.39, 0.29) is 0 Å². The number of likely N-dealkylation sites (N-methyl/N-ethyl adjacent to an activating group) is 1. The van der Waals surface area contributed by atoms with Gasteiger partial charge in [0.05, 0.1) is 13.1 Å². The molecule has 1 saturated heterocycles. The molecule has 1 aromatic heterocycles. The minimum absolute atomic E-state index is 0.330. The Balaban J connectivity index is 2.03. The summed E-state index contributed by atoms with van der Waals surface area (Å²) in [6.07, 6.45) is 0. The molecule has 0 unspecified atom stereocenters. The maximum atomic E-state index is 11.8. The summed E-state index contributed by atoms with van der Waals surface area (Å²) in [7, 11) is 1.64. The van der Waals surface area contributed by atoms with E-state index < -0.39 is 11.8 Å². The van der Waals surface area contributed by atoms with Crippen LogP contribution in [0.1, 0.15) is 10.4 Å². The SMILES string of the molecule is CN1CCN(Cc2cc(C#CCN)cs2)C(=O)C1=O. The zero-order chi connectivity index (χ0) is 13.8. The first-order valence-electron chi connectivity index (χ1n) is 5.92. The molecule has 1 fully saturated rings. The highest BCUT2D eigenvalue weighted by atomic mass is 32.1. The minimum Gasteiger partial charge on any atom is -0.336 e. The summed E-state index contributed by atoms with van der Waals surface area (Å²) in [5, 5.41) is 1.93. The number of hydrogen-bond acceptors (Lipinski definition) is 4. The Bertz CT molecular complexity index is 556. The van der Waals surface area contributed by atoms with Gasteiger partial charge < -0.3 is 15.5 Å². The lowest BCUT2D eigenvalue weighted by atomic mass is 10.2. The summed E-state index contributed by atoms with van der Waals surface area (Å²) in [4.78, 5) is 27.4. The smallest absolute Gasteiger partial charge is 0.312 e. The predicted molar refractivity (Wildman–Crippen MR) is 73.3 cm³/mol. The number of rotatable bonds is 2. The zero-order valence-electron chi connectivity index (χ0n) is 10.7. The van der Waals surface area contributed by atoms with Crippen LogP contribution in [0.15, 0.2) is 11.4 Å². The van der Waals surface area contributed by atoms with Crippen LogP contribution in [0.2, 0.25) is 0 Å². The van der Waals surface area contributed by atoms with Gasteiger partial charge in [-0.3, -0.25) is 9.59 Å². The van der Waals surface area contributed by atoms with E-state index in [0.717, 1.165) is 10.4 Å². The van der Waals surface area contributed by atoms with Crippen LogP contribution in [0.3, 0.4) is 0 Å². The van der Waals surface area contributed by atoms with Crippen molar-refractivity contribution >= 4 is 23.2 Å². The molecular weight excluding hydrogens is 262 g/mol. The van der Waals surface area contributed by atoms with Crippen LogP contribution in [0.4, 0.5) is 0 Å². The summed E-state index contributed by atoms with van der Waals surface area (Å²) in [5.74, 6) is 4.86. The van der Waals surface area contributed by atoms with Crippen LogP contribution < -0.4 is 5.73 Å². The number of hydrogen-bond donors (Lipinski definition) is 1. The second-order valence-corrected chi connectivity index (χ2v) is 5.26. The van der Waals surface area contributed by atoms with Gasteiger partial charge in [-0.1, -0.05) is 11.8 Å². The molecule has 2 rings (SSSR count). The molecule has 0 saturated carbocycles. The molecule has 0 aliphatic carbocycles. The largest absolute Gasteiger partial charge is 0.336 e. The van der Waals surface area contributed by atoms with Gasteiger partial charge in [0.15, 0.2) is 0 Å². The summed E-state index contributed by atoms with van der Waals surface area (Å²) in [6, 6.07) is 1.93. The third kappa shape index (κ3) is 3.13. The van der Waals surface area contributed by atoms with Crippen LogP contribution in [0, 0.1) is 11.8 Å². The Kier molecular flexibility index (Phi) is 4.20. The average Bonchev–Trinajstić information content (AvgIpc) is 2.85. The molecule has 0 aromatic carbocycles. The Morgan fingerprint density at radius 3 is 2.89 bits per heavy atom. The molecule has 2 heterocycles. The van der Waals surface area contributed by atoms with E-state index in [9.17, 15) is 9.59 Å². The van der Waals surface area contributed by atoms with Crippen molar-refractivity contribution in [2.75, 3.05) is 26.7 Å². The minimum atomic E-state index is -0.439. The van der Waals surface area contributed by atoms with E-state index in [1.165, 1.54) is 16.2 Å². The quantitative estimate of drug-likeness (QED) is 0.604. The monoisotopic (exact) mass is 277 g/mol. The van der Waals surface area contributed by atoms with Gasteiger partial charge in [0.25, 0.3) is 0 Å². The maximum absolute atomic E-state index is 11.8. The van der Waals surface area contributed by atoms with E-state index in [1.807, 2.05) is 11.4 Å². The van der Waals surface area contributed by atoms with Gasteiger partial charge in [-0.2, -0.15) is 0 Å². The van der Waals surface area contributed by atoms with Crippen LogP contribution in [-0.2, 0) is 16.1 Å². The van der Waals surface area contributed by atoms with Crippen LogP contribution in [0.25, 0.3) is 0 Å². The highest BCUT2D eigenvalue weighted by Crippen LogP contribution is 2.17. The molecule has 0 spiro atoms. The number of piperazine rings is 1. The first-order valence-corrected chi connectivity index (χ1v) is 6.80. The fourth-order valence-corrected chi connectivity index (χ4v) is 2.62. The fourth-order valence-electron chi connectivity index (χ4n) is 1.79. The van der Waals surface area contributed by atoms with Crippen LogP contribution in [0.5, 0.6) is 0 Å². The Labute approximate surface area is 116 Å². The van der Waals surface area contributed by atoms with Crippen molar-refractivity contribution in [1.29, 1.82) is 0 Å². The topological polar surface area (TPSA) is 66.6 Å². The Hall–Kier alpha value is -1.84. The lowest BCUT2D eigenvalue weighted by Gasteiger charge is -2.31. The van der Waals surface area contributed by atoms with Crippen molar-refractivity contribution < 1.29 is 9.59 Å². The summed E-state index contributed by atoms with van der Waals surface area (Å²) < 4.78 is 0. The summed E-state index contributed by atoms with van der Waals surface area (Å²) in [6.45, 7) is 1.95. The molecule has 1 aliphatic heterocycles. The van der Waals surface area contributed by atoms with Crippen molar-refractivity contribution in [2.24, 2.45) is 5.73 Å². The molecule has 1 aromatic rings. The lowest BCUT2D eigenvalue weighted by Crippen LogP contribution is -2.52. The number of amides is 2. The van der Waals surface area contributed by atoms with Crippen molar-refractivity contribution in [1.82, 2.24) is 9.80 Å². The molecule has 19 heavy (non-hydrogen) atoms. The molecular formula is C13H15N3O2S. The van der Waals surface area contributed by atoms with Gasteiger partial charge in [0.1, 0.15) is 0 Å². The van der Waals surface area contributed by atoms with E-state index in [0.29, 0.717) is 26.2 Å². The van der Waals surface area contributed by atoms with E-state index >= 15 is 0 Å². The van der Waals surface area contributed by atoms with E-state index in [4.69, 9.17) is 5.73 Å². The van der Waals surface area contributed by atoms with Gasteiger partial charge in [0, 0.05) is 36.0 Å². The van der Waals surface area contributed by atoms with Gasteiger partial charge >= 0.3 is 11.8 Å². The highest BCUT2D eigenvalue weighted by molar-refractivity contribution is 7.10. The fraction of sp³-hybridized carbons (Fsp3) is 0.385. The number of thiophene rings is 1. The molecule has 100 valence electrons. The predicted octanol–water partition coefficient (Wildman–Crippen LogP) is -0.141. The van der Waals surface area contributed by atoms with E-state index in [1.54, 1.807) is 11.9 Å². The number of nitrogens with zero attached hydrogens (tertiary/aromatic N) is 2. The van der Waals surface area contributed by atoms with Crippen molar-refractivity contribution in [3.05, 3.63) is 21.9 Å². The zero-order valence-corrected chi connectivity index (χ0v) is 11.5. The normalized spacial score (nSPS) is 15.5. The van der Waals surface area contributed by atoms with Crippen LogP contribution >= 0.6 is 11.3 Å². The van der Waals surface area contributed by atoms with Crippen molar-refractivity contribution in [3.8, 4) is 11.8 Å². The van der Waals surface area contributed by atoms with Gasteiger partial charge in [-0.05, 0) is 6.07 Å². The molecule has 0 bridgehead atoms. The highest BCUT2D eigenvalue weighted by Gasteiger charge is 2.30. The number of carbonyl (C=O) groups excluding carboxylic acids is 2. The summed E-state index contributed by atoms with van der Waals surface area (Å²) in [5.41, 5.74) is 6.22. The van der Waals surface area contributed by atoms with Crippen molar-refractivity contribution in [2.45, 2.75) is 6.54 Å². The Morgan fingerprint density at radius 2 is 2.16 bits per heavy atom. The maximum Gasteiger partial charge on any atom is 0.312 e. The van der Waals surface area contributed by atoms with Crippen LogP contribution in [-0.4, -0.2) is 48.3 Å². The van der Waals surface area contributed by atoms with Crippen molar-refractivity contribution in [3.63, 3.8) is 0 Å². The second kappa shape index (κ2) is 5.87. The molecule has 0 radical (unpaired) electrons. The molecule has 5 nitrogen and oxygen atoms in total. The number of nitrogens with two attached hydrogens (primary N) is 1. The average molecular weight is 277 g/mol. The number of carbonyl (C=O) groups is 2. The first kappa shape index (κ1) is 13.6. The molecule has 2 N–H and O–H groups in total. The van der Waals surface area contributed by atoms with Gasteiger partial charge in [0.2, 0.25) is 0 Å². The Morgan fingerprint density at radius 1 is 1.37 bits per heavy atom. The van der Waals surface area contributed by atoms with Gasteiger partial charge in [-0.25, -0.2) is 0 Å². The third-order valence-corrected chi connectivity index (χ3v) is 3.78. The molecule has 6 heteroatoms. The standard InChI is InChI=1S/C13H15N3O2S/c1-15-5-6-16(13(18)12(15)17)8-11-7-10(9-19-11)3-2-4-14/h7,9H,4-6,8,14H2,1H3. The van der Waals surface area contributed by atoms with E-state index in [2.05, 4.69) is 11.8 Å². The lowest BCUT2D eigenvalue weighted by molar-refractivity contribution is -0.155. The second-order valence-electron chi connectivity index (χ2n) is 4.26. The van der Waals surface area contributed by atoms with Gasteiger partial charge in [-0.15, -0.1) is 11.3 Å². The first-order chi connectivity index (χ1) is 9.11. The molecule has 0 atom stereocenters. The third-order valence-electron chi connectivity index (χ3n) is 2.86. The molecule has 2 amide bonds. The summed E-state index contributed by atoms with van der Waals surface area (Å²) >= 11 is 1.54. The molecule has 1 aliphatic rings.